The zero-order valence-corrected chi connectivity index (χ0v) is 9.99. The van der Waals surface area contributed by atoms with Crippen LogP contribution in [0.4, 0.5) is 0 Å². The van der Waals surface area contributed by atoms with Crippen molar-refractivity contribution in [3.05, 3.63) is 0 Å². The van der Waals surface area contributed by atoms with E-state index in [0.29, 0.717) is 6.61 Å². The summed E-state index contributed by atoms with van der Waals surface area (Å²) in [5, 5.41) is 28.3. The molecular formula is C8H15IO5. The predicted octanol–water partition coefficient (Wildman–Crippen LogP) is -0.734. The zero-order chi connectivity index (χ0) is 10.7. The Morgan fingerprint density at radius 3 is 2.43 bits per heavy atom. The summed E-state index contributed by atoms with van der Waals surface area (Å²) in [6.45, 7) is 2.07. The summed E-state index contributed by atoms with van der Waals surface area (Å²) in [5.41, 5.74) is 0. The first-order valence-corrected chi connectivity index (χ1v) is 5.97. The van der Waals surface area contributed by atoms with E-state index in [1.165, 1.54) is 0 Å². The first-order chi connectivity index (χ1) is 6.57. The largest absolute Gasteiger partial charge is 0.388 e. The summed E-state index contributed by atoms with van der Waals surface area (Å²) < 4.78 is 11.2. The number of halogens is 1. The molecule has 84 valence electrons. The summed E-state index contributed by atoms with van der Waals surface area (Å²) in [4.78, 5) is 0. The van der Waals surface area contributed by atoms with E-state index in [9.17, 15) is 15.3 Å². The number of alkyl halides is 1. The number of aliphatic hydroxyl groups is 3. The maximum absolute atomic E-state index is 9.49. The van der Waals surface area contributed by atoms with Crippen LogP contribution in [0.1, 0.15) is 6.92 Å². The summed E-state index contributed by atoms with van der Waals surface area (Å²) in [5.74, 6) is 0. The van der Waals surface area contributed by atoms with Crippen LogP contribution >= 0.6 is 22.6 Å². The number of hydrogen-bond donors (Lipinski definition) is 3. The molecule has 5 atom stereocenters. The van der Waals surface area contributed by atoms with E-state index in [4.69, 9.17) is 9.47 Å². The molecule has 1 saturated heterocycles. The Balaban J connectivity index is 2.52. The van der Waals surface area contributed by atoms with Gasteiger partial charge in [-0.2, -0.15) is 0 Å². The summed E-state index contributed by atoms with van der Waals surface area (Å²) in [6, 6.07) is 0. The summed E-state index contributed by atoms with van der Waals surface area (Å²) in [6.07, 6.45) is -4.85. The molecule has 1 aliphatic heterocycles. The molecule has 0 saturated carbocycles. The van der Waals surface area contributed by atoms with Gasteiger partial charge in [0.05, 0.1) is 12.7 Å². The molecule has 1 fully saturated rings. The molecule has 0 aromatic heterocycles. The Labute approximate surface area is 96.2 Å². The fraction of sp³-hybridized carbons (Fsp3) is 1.00. The third-order valence-corrected chi connectivity index (χ3v) is 2.61. The molecular weight excluding hydrogens is 303 g/mol. The maximum Gasteiger partial charge on any atom is 0.186 e. The minimum Gasteiger partial charge on any atom is -0.388 e. The van der Waals surface area contributed by atoms with Gasteiger partial charge in [-0.25, -0.2) is 0 Å². The fourth-order valence-corrected chi connectivity index (χ4v) is 1.57. The standard InChI is InChI=1S/C8H15IO5/c1-4-5(10)6(11)7(12)8(14-4)13-3-2-9/h4-8,10-12H,2-3H2,1H3/t4-,5+,6+,7-,8+/m0/s1. The van der Waals surface area contributed by atoms with Gasteiger partial charge in [0.15, 0.2) is 6.29 Å². The molecule has 3 N–H and O–H groups in total. The van der Waals surface area contributed by atoms with E-state index in [2.05, 4.69) is 22.6 Å². The van der Waals surface area contributed by atoms with Crippen molar-refractivity contribution in [3.63, 3.8) is 0 Å². The molecule has 1 rings (SSSR count). The Morgan fingerprint density at radius 1 is 1.21 bits per heavy atom. The van der Waals surface area contributed by atoms with Crippen LogP contribution in [0.3, 0.4) is 0 Å². The van der Waals surface area contributed by atoms with Crippen LogP contribution in [-0.4, -0.2) is 57.1 Å². The van der Waals surface area contributed by atoms with Crippen molar-refractivity contribution in [2.45, 2.75) is 37.6 Å². The van der Waals surface area contributed by atoms with E-state index in [-0.39, 0.29) is 0 Å². The lowest BCUT2D eigenvalue weighted by molar-refractivity contribution is -0.291. The van der Waals surface area contributed by atoms with Gasteiger partial charge >= 0.3 is 0 Å². The molecule has 5 nitrogen and oxygen atoms in total. The van der Waals surface area contributed by atoms with Crippen molar-refractivity contribution in [1.82, 2.24) is 0 Å². The average Bonchev–Trinajstić information content (AvgIpc) is 2.18. The second-order valence-electron chi connectivity index (χ2n) is 3.24. The minimum absolute atomic E-state index is 0.442. The van der Waals surface area contributed by atoms with Crippen molar-refractivity contribution in [2.75, 3.05) is 11.0 Å². The first kappa shape index (κ1) is 12.6. The highest BCUT2D eigenvalue weighted by molar-refractivity contribution is 14.1. The monoisotopic (exact) mass is 318 g/mol. The van der Waals surface area contributed by atoms with Crippen molar-refractivity contribution in [2.24, 2.45) is 0 Å². The first-order valence-electron chi connectivity index (χ1n) is 4.45. The quantitative estimate of drug-likeness (QED) is 0.472. The lowest BCUT2D eigenvalue weighted by Crippen LogP contribution is -2.57. The van der Waals surface area contributed by atoms with Crippen LogP contribution in [0.5, 0.6) is 0 Å². The summed E-state index contributed by atoms with van der Waals surface area (Å²) in [7, 11) is 0. The Bertz CT molecular complexity index is 179. The van der Waals surface area contributed by atoms with Crippen LogP contribution in [0.25, 0.3) is 0 Å². The highest BCUT2D eigenvalue weighted by Crippen LogP contribution is 2.21. The molecule has 0 bridgehead atoms. The molecule has 0 spiro atoms. The van der Waals surface area contributed by atoms with E-state index in [0.717, 1.165) is 4.43 Å². The molecule has 0 amide bonds. The molecule has 14 heavy (non-hydrogen) atoms. The fourth-order valence-electron chi connectivity index (χ4n) is 1.31. The predicted molar refractivity (Wildman–Crippen MR) is 57.2 cm³/mol. The van der Waals surface area contributed by atoms with Crippen LogP contribution in [0, 0.1) is 0 Å². The van der Waals surface area contributed by atoms with Crippen molar-refractivity contribution >= 4 is 22.6 Å². The molecule has 0 aliphatic carbocycles. The maximum atomic E-state index is 9.49. The third kappa shape index (κ3) is 2.77. The van der Waals surface area contributed by atoms with E-state index in [1.807, 2.05) is 0 Å². The van der Waals surface area contributed by atoms with Gasteiger partial charge in [0.1, 0.15) is 18.3 Å². The van der Waals surface area contributed by atoms with Crippen LogP contribution in [0.15, 0.2) is 0 Å². The molecule has 6 heteroatoms. The van der Waals surface area contributed by atoms with Crippen molar-refractivity contribution in [1.29, 1.82) is 0 Å². The Morgan fingerprint density at radius 2 is 1.86 bits per heavy atom. The van der Waals surface area contributed by atoms with E-state index >= 15 is 0 Å². The second-order valence-corrected chi connectivity index (χ2v) is 4.32. The number of aliphatic hydroxyl groups excluding tert-OH is 3. The van der Waals surface area contributed by atoms with E-state index in [1.54, 1.807) is 6.92 Å². The average molecular weight is 318 g/mol. The number of rotatable bonds is 3. The van der Waals surface area contributed by atoms with Crippen LogP contribution < -0.4 is 0 Å². The molecule has 0 radical (unpaired) electrons. The molecule has 0 aromatic rings. The van der Waals surface area contributed by atoms with Crippen molar-refractivity contribution in [3.8, 4) is 0 Å². The molecule has 1 aliphatic rings. The van der Waals surface area contributed by atoms with Gasteiger partial charge in [0.25, 0.3) is 0 Å². The molecule has 1 heterocycles. The minimum atomic E-state index is -1.21. The van der Waals surface area contributed by atoms with Crippen LogP contribution in [0.2, 0.25) is 0 Å². The SMILES string of the molecule is C[C@@H]1O[C@@H](OCCI)[C@@H](O)[C@H](O)[C@@H]1O. The Hall–Kier alpha value is 0.530. The van der Waals surface area contributed by atoms with Gasteiger partial charge in [-0.15, -0.1) is 0 Å². The van der Waals surface area contributed by atoms with Gasteiger partial charge in [-0.3, -0.25) is 0 Å². The lowest BCUT2D eigenvalue weighted by Gasteiger charge is -2.38. The molecule has 0 aromatic carbocycles. The highest BCUT2D eigenvalue weighted by atomic mass is 127. The number of hydrogen-bond acceptors (Lipinski definition) is 5. The second kappa shape index (κ2) is 5.57. The normalized spacial score (nSPS) is 43.9. The van der Waals surface area contributed by atoms with Crippen LogP contribution in [-0.2, 0) is 9.47 Å². The third-order valence-electron chi connectivity index (χ3n) is 2.17. The van der Waals surface area contributed by atoms with E-state index < -0.39 is 30.7 Å². The summed E-state index contributed by atoms with van der Waals surface area (Å²) >= 11 is 2.13. The van der Waals surface area contributed by atoms with Gasteiger partial charge < -0.3 is 24.8 Å². The lowest BCUT2D eigenvalue weighted by atomic mass is 10.0. The highest BCUT2D eigenvalue weighted by Gasteiger charge is 2.42. The smallest absolute Gasteiger partial charge is 0.186 e. The van der Waals surface area contributed by atoms with Gasteiger partial charge in [0, 0.05) is 4.43 Å². The van der Waals surface area contributed by atoms with Gasteiger partial charge in [-0.1, -0.05) is 22.6 Å². The zero-order valence-electron chi connectivity index (χ0n) is 7.84. The molecule has 0 unspecified atom stereocenters. The topological polar surface area (TPSA) is 79.2 Å². The van der Waals surface area contributed by atoms with Gasteiger partial charge in [0.2, 0.25) is 0 Å². The Kier molecular flexibility index (Phi) is 5.01. The van der Waals surface area contributed by atoms with Gasteiger partial charge in [-0.05, 0) is 6.92 Å². The number of ether oxygens (including phenoxy) is 2. The van der Waals surface area contributed by atoms with Crippen molar-refractivity contribution < 1.29 is 24.8 Å².